The van der Waals surface area contributed by atoms with Gasteiger partial charge in [-0.1, -0.05) is 17.8 Å². The van der Waals surface area contributed by atoms with Gasteiger partial charge in [-0.3, -0.25) is 4.79 Å². The summed E-state index contributed by atoms with van der Waals surface area (Å²) in [4.78, 5) is 12.0. The van der Waals surface area contributed by atoms with E-state index >= 15 is 0 Å². The minimum atomic E-state index is -0.400. The first-order valence-electron chi connectivity index (χ1n) is 7.13. The third-order valence-electron chi connectivity index (χ3n) is 3.12. The molecule has 1 aromatic heterocycles. The van der Waals surface area contributed by atoms with E-state index in [1.807, 2.05) is 6.07 Å². The first-order chi connectivity index (χ1) is 12.2. The Kier molecular flexibility index (Phi) is 5.01. The Balaban J connectivity index is 1.63. The highest BCUT2D eigenvalue weighted by Crippen LogP contribution is 2.19. The van der Waals surface area contributed by atoms with Gasteiger partial charge in [-0.05, 0) is 52.9 Å². The van der Waals surface area contributed by atoms with Crippen LogP contribution in [0.5, 0.6) is 0 Å². The Bertz CT molecular complexity index is 934. The molecule has 3 aromatic rings. The van der Waals surface area contributed by atoms with Gasteiger partial charge in [-0.25, -0.2) is 4.39 Å². The third kappa shape index (κ3) is 4.19. The molecule has 2 aromatic carbocycles. The lowest BCUT2D eigenvalue weighted by molar-refractivity contribution is -0.113. The van der Waals surface area contributed by atoms with Gasteiger partial charge in [0.15, 0.2) is 0 Å². The highest BCUT2D eigenvalue weighted by atomic mass is 32.2. The molecule has 1 heterocycles. The molecule has 1 N–H and O–H groups in total. The van der Waals surface area contributed by atoms with Crippen LogP contribution in [0, 0.1) is 17.1 Å². The molecule has 9 heteroatoms. The average molecular weight is 354 g/mol. The zero-order valence-corrected chi connectivity index (χ0v) is 13.6. The van der Waals surface area contributed by atoms with Crippen molar-refractivity contribution in [2.45, 2.75) is 5.16 Å². The molecule has 25 heavy (non-hydrogen) atoms. The van der Waals surface area contributed by atoms with Crippen LogP contribution < -0.4 is 5.32 Å². The Hall–Kier alpha value is -3.25. The van der Waals surface area contributed by atoms with E-state index in [0.29, 0.717) is 22.1 Å². The second kappa shape index (κ2) is 7.55. The lowest BCUT2D eigenvalue weighted by Gasteiger charge is -2.06. The van der Waals surface area contributed by atoms with E-state index in [4.69, 9.17) is 5.26 Å². The van der Waals surface area contributed by atoms with Gasteiger partial charge in [0.2, 0.25) is 11.1 Å². The van der Waals surface area contributed by atoms with Gasteiger partial charge >= 0.3 is 0 Å². The maximum atomic E-state index is 13.3. The molecule has 0 bridgehead atoms. The fraction of sp³-hybridized carbons (Fsp3) is 0.0625. The van der Waals surface area contributed by atoms with Crippen LogP contribution in [0.1, 0.15) is 5.56 Å². The van der Waals surface area contributed by atoms with Crippen LogP contribution in [0.25, 0.3) is 5.69 Å². The van der Waals surface area contributed by atoms with Crippen molar-refractivity contribution in [3.63, 3.8) is 0 Å². The predicted octanol–water partition coefficient (Wildman–Crippen LogP) is 2.40. The predicted molar refractivity (Wildman–Crippen MR) is 89.6 cm³/mol. The minimum Gasteiger partial charge on any atom is -0.325 e. The van der Waals surface area contributed by atoms with Crippen molar-refractivity contribution in [1.29, 1.82) is 5.26 Å². The van der Waals surface area contributed by atoms with Gasteiger partial charge < -0.3 is 5.32 Å². The summed E-state index contributed by atoms with van der Waals surface area (Å²) in [6.45, 7) is 0. The molecule has 3 rings (SSSR count). The normalized spacial score (nSPS) is 10.2. The van der Waals surface area contributed by atoms with Crippen LogP contribution in [0.4, 0.5) is 10.1 Å². The van der Waals surface area contributed by atoms with E-state index in [9.17, 15) is 9.18 Å². The number of hydrogen-bond donors (Lipinski definition) is 1. The first kappa shape index (κ1) is 16.6. The first-order valence-corrected chi connectivity index (χ1v) is 8.11. The van der Waals surface area contributed by atoms with Crippen LogP contribution >= 0.6 is 11.8 Å². The number of benzene rings is 2. The summed E-state index contributed by atoms with van der Waals surface area (Å²) < 4.78 is 14.7. The highest BCUT2D eigenvalue weighted by molar-refractivity contribution is 7.99. The Morgan fingerprint density at radius 1 is 1.28 bits per heavy atom. The number of halogens is 1. The number of carbonyl (C=O) groups is 1. The summed E-state index contributed by atoms with van der Waals surface area (Å²) in [5, 5.41) is 23.1. The number of nitriles is 1. The molecule has 0 saturated heterocycles. The quantitative estimate of drug-likeness (QED) is 0.707. The Morgan fingerprint density at radius 3 is 2.80 bits per heavy atom. The van der Waals surface area contributed by atoms with Crippen molar-refractivity contribution in [3.8, 4) is 11.8 Å². The number of hydrogen-bond acceptors (Lipinski definition) is 6. The number of tetrazole rings is 1. The molecule has 0 aliphatic carbocycles. The van der Waals surface area contributed by atoms with Gasteiger partial charge in [0.25, 0.3) is 0 Å². The molecule has 0 unspecified atom stereocenters. The number of rotatable bonds is 5. The van der Waals surface area contributed by atoms with Crippen LogP contribution in [0.3, 0.4) is 0 Å². The fourth-order valence-electron chi connectivity index (χ4n) is 1.99. The number of nitrogens with zero attached hydrogens (tertiary/aromatic N) is 5. The molecule has 0 atom stereocenters. The summed E-state index contributed by atoms with van der Waals surface area (Å²) in [7, 11) is 0. The number of aromatic nitrogens is 4. The third-order valence-corrected chi connectivity index (χ3v) is 4.04. The minimum absolute atomic E-state index is 0.0791. The topological polar surface area (TPSA) is 96.5 Å². The standard InChI is InChI=1S/C16H11FN6OS/c17-12-2-1-3-14(8-12)23-16(20-21-22-23)25-10-15(24)19-13-6-4-11(9-18)5-7-13/h1-8H,10H2,(H,19,24). The van der Waals surface area contributed by atoms with Crippen LogP contribution in [-0.4, -0.2) is 31.9 Å². The van der Waals surface area contributed by atoms with E-state index in [1.165, 1.54) is 16.8 Å². The van der Waals surface area contributed by atoms with E-state index < -0.39 is 5.82 Å². The summed E-state index contributed by atoms with van der Waals surface area (Å²) in [6.07, 6.45) is 0. The van der Waals surface area contributed by atoms with Crippen LogP contribution in [-0.2, 0) is 4.79 Å². The largest absolute Gasteiger partial charge is 0.325 e. The maximum Gasteiger partial charge on any atom is 0.234 e. The second-order valence-corrected chi connectivity index (χ2v) is 5.82. The molecule has 0 fully saturated rings. The smallest absolute Gasteiger partial charge is 0.234 e. The van der Waals surface area contributed by atoms with E-state index in [1.54, 1.807) is 36.4 Å². The summed E-state index contributed by atoms with van der Waals surface area (Å²) >= 11 is 1.13. The molecule has 0 radical (unpaired) electrons. The monoisotopic (exact) mass is 354 g/mol. The average Bonchev–Trinajstić information content (AvgIpc) is 3.09. The van der Waals surface area contributed by atoms with E-state index in [0.717, 1.165) is 11.8 Å². The van der Waals surface area contributed by atoms with E-state index in [-0.39, 0.29) is 11.7 Å². The molecule has 7 nitrogen and oxygen atoms in total. The lowest BCUT2D eigenvalue weighted by atomic mass is 10.2. The molecule has 124 valence electrons. The van der Waals surface area contributed by atoms with Crippen molar-refractivity contribution >= 4 is 23.4 Å². The van der Waals surface area contributed by atoms with Gasteiger partial charge in [-0.15, -0.1) is 5.10 Å². The Labute approximate surface area is 146 Å². The molecular weight excluding hydrogens is 343 g/mol. The lowest BCUT2D eigenvalue weighted by Crippen LogP contribution is -2.14. The van der Waals surface area contributed by atoms with Crippen molar-refractivity contribution < 1.29 is 9.18 Å². The van der Waals surface area contributed by atoms with Crippen molar-refractivity contribution in [1.82, 2.24) is 20.2 Å². The van der Waals surface area contributed by atoms with Gasteiger partial charge in [-0.2, -0.15) is 9.94 Å². The number of thioether (sulfide) groups is 1. The summed E-state index contributed by atoms with van der Waals surface area (Å²) in [5.74, 6) is -0.568. The zero-order valence-electron chi connectivity index (χ0n) is 12.8. The number of amides is 1. The maximum absolute atomic E-state index is 13.3. The number of nitrogens with one attached hydrogen (secondary N) is 1. The zero-order chi connectivity index (χ0) is 17.6. The molecule has 1 amide bonds. The van der Waals surface area contributed by atoms with Gasteiger partial charge in [0, 0.05) is 5.69 Å². The SMILES string of the molecule is N#Cc1ccc(NC(=O)CSc2nnnn2-c2cccc(F)c2)cc1. The molecule has 0 aliphatic rings. The Morgan fingerprint density at radius 2 is 2.08 bits per heavy atom. The van der Waals surface area contributed by atoms with Crippen molar-refractivity contribution in [3.05, 3.63) is 59.9 Å². The van der Waals surface area contributed by atoms with Crippen molar-refractivity contribution in [2.24, 2.45) is 0 Å². The summed E-state index contributed by atoms with van der Waals surface area (Å²) in [6, 6.07) is 14.4. The van der Waals surface area contributed by atoms with Gasteiger partial charge in [0.1, 0.15) is 5.82 Å². The van der Waals surface area contributed by atoms with Crippen molar-refractivity contribution in [2.75, 3.05) is 11.1 Å². The molecule has 0 saturated carbocycles. The van der Waals surface area contributed by atoms with Crippen LogP contribution in [0.2, 0.25) is 0 Å². The van der Waals surface area contributed by atoms with Crippen LogP contribution in [0.15, 0.2) is 53.7 Å². The fourth-order valence-corrected chi connectivity index (χ4v) is 2.68. The number of carbonyl (C=O) groups excluding carboxylic acids is 1. The second-order valence-electron chi connectivity index (χ2n) is 4.88. The summed E-state index contributed by atoms with van der Waals surface area (Å²) in [5.41, 5.74) is 1.58. The molecule has 0 spiro atoms. The van der Waals surface area contributed by atoms with E-state index in [2.05, 4.69) is 20.8 Å². The molecular formula is C16H11FN6OS. The van der Waals surface area contributed by atoms with Gasteiger partial charge in [0.05, 0.1) is 23.1 Å². The molecule has 0 aliphatic heterocycles. The number of anilines is 1. The highest BCUT2D eigenvalue weighted by Gasteiger charge is 2.12.